The number of aliphatic hydroxyl groups is 5. The third-order valence-corrected chi connectivity index (χ3v) is 16.1. The highest BCUT2D eigenvalue weighted by atomic mass is 17.2. The van der Waals surface area contributed by atoms with Crippen molar-refractivity contribution in [2.24, 2.45) is 22.2 Å². The number of amides is 1. The number of nitrogens with zero attached hydrogens (tertiary/aromatic N) is 2. The normalized spacial score (nSPS) is 27.4. The quantitative estimate of drug-likeness (QED) is 0.0647. The molecule has 68 heavy (non-hydrogen) atoms. The van der Waals surface area contributed by atoms with Gasteiger partial charge in [0.05, 0.1) is 29.1 Å². The Bertz CT molecular complexity index is 2780. The number of aromatic hydroxyl groups is 2. The fourth-order valence-electron chi connectivity index (χ4n) is 12.6. The molecule has 1 saturated heterocycles. The van der Waals surface area contributed by atoms with Crippen molar-refractivity contribution in [3.05, 3.63) is 93.1 Å². The highest BCUT2D eigenvalue weighted by Crippen LogP contribution is 2.57. The van der Waals surface area contributed by atoms with Crippen molar-refractivity contribution < 1.29 is 59.5 Å². The molecule has 0 radical (unpaired) electrons. The first-order chi connectivity index (χ1) is 32.7. The fourth-order valence-corrected chi connectivity index (χ4v) is 12.6. The van der Waals surface area contributed by atoms with Crippen LogP contribution in [0.2, 0.25) is 0 Å². The molecule has 8 N–H and O–H groups in total. The number of nitrogens with one attached hydrogen (secondary N) is 1. The summed E-state index contributed by atoms with van der Waals surface area (Å²) in [5.41, 5.74) is -0.343. The Morgan fingerprint density at radius 2 is 1.81 bits per heavy atom. The van der Waals surface area contributed by atoms with Crippen molar-refractivity contribution >= 4 is 39.6 Å². The molecule has 9 atom stereocenters. The van der Waals surface area contributed by atoms with Crippen LogP contribution in [0.3, 0.4) is 0 Å². The number of aliphatic hydroxyl groups excluding tert-OH is 4. The Balaban J connectivity index is 1.06. The van der Waals surface area contributed by atoms with Gasteiger partial charge < -0.3 is 55.1 Å². The van der Waals surface area contributed by atoms with E-state index >= 15 is 0 Å². The Hall–Kier alpha value is -5.33. The summed E-state index contributed by atoms with van der Waals surface area (Å²) in [6, 6.07) is 10.3. The number of aryl methyl sites for hydroxylation is 1. The lowest BCUT2D eigenvalue weighted by atomic mass is 9.59. The Labute approximate surface area is 393 Å². The minimum Gasteiger partial charge on any atom is -0.508 e. The summed E-state index contributed by atoms with van der Waals surface area (Å²) in [5, 5.41) is 80.7. The number of carbonyl (C=O) groups excluding carboxylic acids is 1. The summed E-state index contributed by atoms with van der Waals surface area (Å²) in [6.07, 6.45) is 6.69. The summed E-state index contributed by atoms with van der Waals surface area (Å²) in [4.78, 5) is 47.0. The zero-order valence-corrected chi connectivity index (χ0v) is 38.4. The van der Waals surface area contributed by atoms with E-state index in [9.17, 15) is 45.3 Å². The lowest BCUT2D eigenvalue weighted by molar-refractivity contribution is -0.375. The van der Waals surface area contributed by atoms with Crippen molar-refractivity contribution in [3.8, 4) is 17.2 Å². The van der Waals surface area contributed by atoms with Crippen molar-refractivity contribution in [1.82, 2.24) is 5.32 Å². The Kier molecular flexibility index (Phi) is 12.2. The predicted molar refractivity (Wildman–Crippen MR) is 251 cm³/mol. The zero-order chi connectivity index (χ0) is 47.7. The molecule has 2 saturated carbocycles. The molecule has 5 heterocycles. The number of hydrogen-bond donors (Lipinski definition) is 8. The molecule has 2 aliphatic carbocycles. The first-order valence-corrected chi connectivity index (χ1v) is 24.1. The molecule has 16 heteroatoms. The molecule has 4 aliphatic heterocycles. The van der Waals surface area contributed by atoms with E-state index in [4.69, 9.17) is 18.9 Å². The van der Waals surface area contributed by atoms with Crippen LogP contribution in [-0.2, 0) is 27.4 Å². The monoisotopic (exact) mass is 935 g/mol. The van der Waals surface area contributed by atoms with Crippen molar-refractivity contribution in [3.63, 3.8) is 0 Å². The number of carbonyl (C=O) groups is 1. The van der Waals surface area contributed by atoms with E-state index in [1.54, 1.807) is 19.2 Å². The number of phenols is 2. The maximum absolute atomic E-state index is 13.9. The summed E-state index contributed by atoms with van der Waals surface area (Å²) in [5.74, 6) is 0.980. The molecule has 1 amide bonds. The summed E-state index contributed by atoms with van der Waals surface area (Å²) < 4.78 is 14.0. The SMILES string of the molecule is CCC1C2=CC=NC2=CN1c1c2c(cc3c(=O)cc(C)oc13)CC(OOCC(O)(Cc1ccc(O)c3ccc(O)cc13)C(O)C(O)C(O)CO)C1(CCCC(C3CNC(=O)C34CCCCC4)C1)O2. The number of benzene rings is 3. The third kappa shape index (κ3) is 7.78. The van der Waals surface area contributed by atoms with E-state index in [0.29, 0.717) is 75.9 Å². The van der Waals surface area contributed by atoms with Crippen LogP contribution in [0.15, 0.2) is 80.2 Å². The molecule has 3 fully saturated rings. The first-order valence-electron chi connectivity index (χ1n) is 24.1. The number of allylic oxidation sites excluding steroid dienone is 1. The van der Waals surface area contributed by atoms with Gasteiger partial charge in [0.2, 0.25) is 5.91 Å². The van der Waals surface area contributed by atoms with Gasteiger partial charge in [-0.05, 0) is 111 Å². The van der Waals surface area contributed by atoms with Crippen LogP contribution >= 0.6 is 0 Å². The fraction of sp³-hybridized carbons (Fsp3) is 0.519. The van der Waals surface area contributed by atoms with Crippen LogP contribution in [0.4, 0.5) is 5.69 Å². The minimum atomic E-state index is -2.41. The van der Waals surface area contributed by atoms with Gasteiger partial charge in [0, 0.05) is 54.4 Å². The first kappa shape index (κ1) is 46.4. The van der Waals surface area contributed by atoms with E-state index < -0.39 is 60.7 Å². The zero-order valence-electron chi connectivity index (χ0n) is 38.4. The topological polar surface area (TPSA) is 244 Å². The molecule has 1 aromatic heterocycles. The second-order valence-corrected chi connectivity index (χ2v) is 20.1. The van der Waals surface area contributed by atoms with Gasteiger partial charge in [0.25, 0.3) is 0 Å². The molecule has 16 nitrogen and oxygen atoms in total. The predicted octanol–water partition coefficient (Wildman–Crippen LogP) is 5.04. The summed E-state index contributed by atoms with van der Waals surface area (Å²) in [7, 11) is 0. The van der Waals surface area contributed by atoms with Crippen LogP contribution in [0.25, 0.3) is 21.7 Å². The maximum atomic E-state index is 13.9. The molecule has 9 unspecified atom stereocenters. The highest BCUT2D eigenvalue weighted by Gasteiger charge is 2.58. The number of phenolic OH excluding ortho intramolecular Hbond substituents is 2. The summed E-state index contributed by atoms with van der Waals surface area (Å²) in [6.45, 7) is 2.72. The van der Waals surface area contributed by atoms with Crippen molar-refractivity contribution in [1.29, 1.82) is 0 Å². The molecular formula is C52H61N3O13. The van der Waals surface area contributed by atoms with Gasteiger partial charge in [-0.1, -0.05) is 32.3 Å². The molecule has 3 aromatic carbocycles. The molecular weight excluding hydrogens is 875 g/mol. The molecule has 6 aliphatic rings. The Morgan fingerprint density at radius 1 is 1.00 bits per heavy atom. The molecule has 2 spiro atoms. The second-order valence-electron chi connectivity index (χ2n) is 20.1. The lowest BCUT2D eigenvalue weighted by Crippen LogP contribution is -2.59. The lowest BCUT2D eigenvalue weighted by Gasteiger charge is -2.51. The van der Waals surface area contributed by atoms with E-state index in [2.05, 4.69) is 22.1 Å². The third-order valence-electron chi connectivity index (χ3n) is 16.1. The number of ether oxygens (including phenoxy) is 1. The van der Waals surface area contributed by atoms with Gasteiger partial charge in [-0.3, -0.25) is 14.6 Å². The van der Waals surface area contributed by atoms with Crippen LogP contribution in [0.5, 0.6) is 17.2 Å². The van der Waals surface area contributed by atoms with Gasteiger partial charge in [-0.25, -0.2) is 9.78 Å². The van der Waals surface area contributed by atoms with Gasteiger partial charge in [0.15, 0.2) is 16.8 Å². The smallest absolute Gasteiger partial charge is 0.226 e. The van der Waals surface area contributed by atoms with Gasteiger partial charge >= 0.3 is 0 Å². The second kappa shape index (κ2) is 17.9. The maximum Gasteiger partial charge on any atom is 0.226 e. The Morgan fingerprint density at radius 3 is 2.59 bits per heavy atom. The van der Waals surface area contributed by atoms with Crippen molar-refractivity contribution in [2.45, 2.75) is 133 Å². The largest absolute Gasteiger partial charge is 0.508 e. The number of aliphatic imine (C=N–C) groups is 1. The molecule has 10 rings (SSSR count). The number of fused-ring (bicyclic) bond motifs is 4. The molecule has 362 valence electrons. The number of anilines is 1. The van der Waals surface area contributed by atoms with Gasteiger partial charge in [0.1, 0.15) is 65.2 Å². The van der Waals surface area contributed by atoms with E-state index in [0.717, 1.165) is 56.2 Å². The number of rotatable bonds is 13. The van der Waals surface area contributed by atoms with Gasteiger partial charge in [-0.15, -0.1) is 0 Å². The van der Waals surface area contributed by atoms with Gasteiger partial charge in [-0.2, -0.15) is 0 Å². The average Bonchev–Trinajstić information content (AvgIpc) is 4.02. The van der Waals surface area contributed by atoms with Crippen molar-refractivity contribution in [2.75, 3.05) is 24.7 Å². The average molecular weight is 936 g/mol. The van der Waals surface area contributed by atoms with E-state index in [1.807, 2.05) is 12.3 Å². The standard InChI is InChI=1S/C52H61N3O13/c1-3-39-34-13-17-53-38(34)25-55(39)44-46-31(19-36-41(59)18-28(2)66-47(36)44)20-43(52(67-46)16-7-8-30(23-52)37-24-54-49(63)50(37)14-5-4-6-15-50)68-65-27-51(64,48(62)45(61)42(60)26-56)22-29-9-12-40(58)33-11-10-32(57)21-35(29)33/h9-13,17-19,21,25,30,37,39,42-43,45,48,56-58,60-62,64H,3-8,14-16,20,22-24,26-27H2,1-2H3,(H,54,63). The van der Waals surface area contributed by atoms with Crippen LogP contribution < -0.4 is 20.4 Å². The van der Waals surface area contributed by atoms with E-state index in [1.165, 1.54) is 36.4 Å². The minimum absolute atomic E-state index is 0.0433. The molecule has 4 aromatic rings. The summed E-state index contributed by atoms with van der Waals surface area (Å²) >= 11 is 0. The van der Waals surface area contributed by atoms with E-state index in [-0.39, 0.29) is 47.1 Å². The highest BCUT2D eigenvalue weighted by molar-refractivity contribution is 5.97. The number of hydrogen-bond acceptors (Lipinski definition) is 15. The van der Waals surface area contributed by atoms with Crippen LogP contribution in [-0.4, -0.2) is 109 Å². The van der Waals surface area contributed by atoms with Crippen LogP contribution in [0.1, 0.15) is 88.0 Å². The molecule has 0 bridgehead atoms. The van der Waals surface area contributed by atoms with Crippen LogP contribution in [0, 0.1) is 24.2 Å².